The molecule has 0 saturated carbocycles. The Balaban J connectivity index is 1.97. The Kier molecular flexibility index (Phi) is 4.20. The van der Waals surface area contributed by atoms with Crippen molar-refractivity contribution in [3.63, 3.8) is 0 Å². The number of para-hydroxylation sites is 2. The largest absolute Gasteiger partial charge is 0.481 e. The molecule has 2 aromatic rings. The van der Waals surface area contributed by atoms with Crippen LogP contribution in [0.5, 0.6) is 0 Å². The van der Waals surface area contributed by atoms with Gasteiger partial charge in [0.05, 0.1) is 23.1 Å². The lowest BCUT2D eigenvalue weighted by Gasteiger charge is -2.34. The average Bonchev–Trinajstić information content (AvgIpc) is 2.53. The third kappa shape index (κ3) is 3.17. The van der Waals surface area contributed by atoms with Gasteiger partial charge in [-0.1, -0.05) is 12.1 Å². The zero-order chi connectivity index (χ0) is 15.5. The molecule has 0 spiro atoms. The zero-order valence-electron chi connectivity index (χ0n) is 12.7. The summed E-state index contributed by atoms with van der Waals surface area (Å²) >= 11 is 0. The van der Waals surface area contributed by atoms with Crippen LogP contribution in [0.15, 0.2) is 24.3 Å². The summed E-state index contributed by atoms with van der Waals surface area (Å²) in [6.45, 7) is 3.74. The zero-order valence-corrected chi connectivity index (χ0v) is 12.7. The number of likely N-dealkylation sites (N-methyl/N-ethyl adjacent to an activating group) is 1. The molecule has 0 amide bonds. The van der Waals surface area contributed by atoms with Gasteiger partial charge in [0.25, 0.3) is 0 Å². The maximum atomic E-state index is 10.9. The van der Waals surface area contributed by atoms with Crippen LogP contribution in [-0.2, 0) is 11.2 Å². The molecule has 1 N–H and O–H groups in total. The first-order valence-corrected chi connectivity index (χ1v) is 7.54. The Labute approximate surface area is 129 Å². The number of anilines is 1. The lowest BCUT2D eigenvalue weighted by molar-refractivity contribution is -0.136. The number of aliphatic carboxylic acids is 1. The van der Waals surface area contributed by atoms with Gasteiger partial charge in [0.15, 0.2) is 5.82 Å². The van der Waals surface area contributed by atoms with E-state index in [1.165, 1.54) is 0 Å². The molecule has 3 rings (SSSR count). The predicted octanol–water partition coefficient (Wildman–Crippen LogP) is 1.40. The summed E-state index contributed by atoms with van der Waals surface area (Å²) in [5, 5.41) is 8.96. The topological polar surface area (TPSA) is 69.6 Å². The van der Waals surface area contributed by atoms with E-state index in [1.54, 1.807) is 0 Å². The van der Waals surface area contributed by atoms with Crippen molar-refractivity contribution in [2.24, 2.45) is 0 Å². The maximum Gasteiger partial charge on any atom is 0.303 e. The third-order valence-corrected chi connectivity index (χ3v) is 4.00. The number of hydrogen-bond acceptors (Lipinski definition) is 5. The van der Waals surface area contributed by atoms with Crippen molar-refractivity contribution in [3.8, 4) is 0 Å². The van der Waals surface area contributed by atoms with Crippen LogP contribution in [0.3, 0.4) is 0 Å². The Morgan fingerprint density at radius 2 is 1.77 bits per heavy atom. The van der Waals surface area contributed by atoms with E-state index in [2.05, 4.69) is 21.8 Å². The fourth-order valence-electron chi connectivity index (χ4n) is 2.69. The molecule has 1 aliphatic heterocycles. The number of benzene rings is 1. The molecule has 1 saturated heterocycles. The van der Waals surface area contributed by atoms with Crippen molar-refractivity contribution in [1.29, 1.82) is 0 Å². The minimum Gasteiger partial charge on any atom is -0.481 e. The van der Waals surface area contributed by atoms with Gasteiger partial charge in [-0.3, -0.25) is 4.79 Å². The molecule has 0 radical (unpaired) electrons. The highest BCUT2D eigenvalue weighted by molar-refractivity contribution is 5.77. The number of carboxylic acid groups (broad SMARTS) is 1. The molecule has 22 heavy (non-hydrogen) atoms. The summed E-state index contributed by atoms with van der Waals surface area (Å²) < 4.78 is 0. The minimum absolute atomic E-state index is 0.0771. The van der Waals surface area contributed by atoms with Gasteiger partial charge in [-0.25, -0.2) is 9.97 Å². The number of piperazine rings is 1. The minimum atomic E-state index is -0.806. The Bertz CT molecular complexity index is 681. The van der Waals surface area contributed by atoms with Gasteiger partial charge in [0.1, 0.15) is 0 Å². The smallest absolute Gasteiger partial charge is 0.303 e. The lowest BCUT2D eigenvalue weighted by Crippen LogP contribution is -2.45. The van der Waals surface area contributed by atoms with Gasteiger partial charge in [-0.15, -0.1) is 0 Å². The Morgan fingerprint density at radius 3 is 2.41 bits per heavy atom. The van der Waals surface area contributed by atoms with Crippen molar-refractivity contribution < 1.29 is 9.90 Å². The first-order valence-electron chi connectivity index (χ1n) is 7.54. The van der Waals surface area contributed by atoms with E-state index < -0.39 is 5.97 Å². The average molecular weight is 300 g/mol. The van der Waals surface area contributed by atoms with Crippen molar-refractivity contribution in [2.45, 2.75) is 12.8 Å². The van der Waals surface area contributed by atoms with Crippen LogP contribution in [0.2, 0.25) is 0 Å². The van der Waals surface area contributed by atoms with Crippen molar-refractivity contribution in [2.75, 3.05) is 38.1 Å². The van der Waals surface area contributed by atoms with Gasteiger partial charge >= 0.3 is 5.97 Å². The molecule has 0 bridgehead atoms. The van der Waals surface area contributed by atoms with Crippen LogP contribution in [-0.4, -0.2) is 59.2 Å². The summed E-state index contributed by atoms with van der Waals surface area (Å²) in [5.74, 6) is 0.0346. The molecular weight excluding hydrogens is 280 g/mol. The quantitative estimate of drug-likeness (QED) is 0.920. The highest BCUT2D eigenvalue weighted by Crippen LogP contribution is 2.23. The van der Waals surface area contributed by atoms with Crippen molar-refractivity contribution >= 4 is 22.8 Å². The van der Waals surface area contributed by atoms with Gasteiger partial charge in [0.2, 0.25) is 0 Å². The Morgan fingerprint density at radius 1 is 1.14 bits per heavy atom. The highest BCUT2D eigenvalue weighted by Gasteiger charge is 2.20. The van der Waals surface area contributed by atoms with Crippen LogP contribution in [0, 0.1) is 0 Å². The number of hydrogen-bond donors (Lipinski definition) is 1. The Hall–Kier alpha value is -2.21. The fourth-order valence-corrected chi connectivity index (χ4v) is 2.69. The predicted molar refractivity (Wildman–Crippen MR) is 85.2 cm³/mol. The van der Waals surface area contributed by atoms with Gasteiger partial charge in [-0.2, -0.15) is 0 Å². The SMILES string of the molecule is CN1CCN(c2nc3ccccc3nc2CCC(=O)O)CC1. The molecular formula is C16H20N4O2. The second-order valence-corrected chi connectivity index (χ2v) is 5.67. The number of fused-ring (bicyclic) bond motifs is 1. The standard InChI is InChI=1S/C16H20N4O2/c1-19-8-10-20(11-9-19)16-14(6-7-15(21)22)17-12-4-2-3-5-13(12)18-16/h2-5H,6-11H2,1H3,(H,21,22). The molecule has 0 atom stereocenters. The fraction of sp³-hybridized carbons (Fsp3) is 0.438. The summed E-state index contributed by atoms with van der Waals surface area (Å²) in [6.07, 6.45) is 0.489. The number of aryl methyl sites for hydroxylation is 1. The monoisotopic (exact) mass is 300 g/mol. The van der Waals surface area contributed by atoms with Gasteiger partial charge in [-0.05, 0) is 19.2 Å². The van der Waals surface area contributed by atoms with E-state index in [-0.39, 0.29) is 6.42 Å². The van der Waals surface area contributed by atoms with E-state index in [1.807, 2.05) is 24.3 Å². The van der Waals surface area contributed by atoms with Crippen LogP contribution in [0.1, 0.15) is 12.1 Å². The lowest BCUT2D eigenvalue weighted by atomic mass is 10.2. The number of carbonyl (C=O) groups is 1. The van der Waals surface area contributed by atoms with Crippen LogP contribution in [0.25, 0.3) is 11.0 Å². The molecule has 0 aliphatic carbocycles. The first kappa shape index (κ1) is 14.7. The summed E-state index contributed by atoms with van der Waals surface area (Å²) in [7, 11) is 2.11. The summed E-state index contributed by atoms with van der Waals surface area (Å²) in [5.41, 5.74) is 2.46. The van der Waals surface area contributed by atoms with Crippen LogP contribution in [0.4, 0.5) is 5.82 Å². The molecule has 2 heterocycles. The second kappa shape index (κ2) is 6.27. The van der Waals surface area contributed by atoms with E-state index in [4.69, 9.17) is 10.1 Å². The van der Waals surface area contributed by atoms with E-state index >= 15 is 0 Å². The molecule has 116 valence electrons. The highest BCUT2D eigenvalue weighted by atomic mass is 16.4. The van der Waals surface area contributed by atoms with Crippen LogP contribution >= 0.6 is 0 Å². The molecule has 6 heteroatoms. The van der Waals surface area contributed by atoms with E-state index in [9.17, 15) is 4.79 Å². The van der Waals surface area contributed by atoms with E-state index in [0.29, 0.717) is 6.42 Å². The summed E-state index contributed by atoms with van der Waals surface area (Å²) in [4.78, 5) is 24.8. The number of aromatic nitrogens is 2. The van der Waals surface area contributed by atoms with Gasteiger partial charge < -0.3 is 14.9 Å². The second-order valence-electron chi connectivity index (χ2n) is 5.67. The summed E-state index contributed by atoms with van der Waals surface area (Å²) in [6, 6.07) is 7.73. The molecule has 1 aliphatic rings. The maximum absolute atomic E-state index is 10.9. The molecule has 1 aromatic carbocycles. The molecule has 1 aromatic heterocycles. The van der Waals surface area contributed by atoms with Crippen molar-refractivity contribution in [1.82, 2.24) is 14.9 Å². The number of rotatable bonds is 4. The number of nitrogens with zero attached hydrogens (tertiary/aromatic N) is 4. The molecule has 1 fully saturated rings. The first-order chi connectivity index (χ1) is 10.6. The van der Waals surface area contributed by atoms with Gasteiger partial charge in [0, 0.05) is 32.6 Å². The van der Waals surface area contributed by atoms with Crippen molar-refractivity contribution in [3.05, 3.63) is 30.0 Å². The van der Waals surface area contributed by atoms with Crippen LogP contribution < -0.4 is 4.90 Å². The third-order valence-electron chi connectivity index (χ3n) is 4.00. The molecule has 0 unspecified atom stereocenters. The van der Waals surface area contributed by atoms with E-state index in [0.717, 1.165) is 48.7 Å². The normalized spacial score (nSPS) is 16.1. The number of carboxylic acids is 1. The molecule has 6 nitrogen and oxygen atoms in total.